The van der Waals surface area contributed by atoms with Gasteiger partial charge in [-0.3, -0.25) is 0 Å². The molecule has 1 aliphatic carbocycles. The molecule has 1 aliphatic rings. The average Bonchev–Trinajstić information content (AvgIpc) is 2.14. The minimum absolute atomic E-state index is 0.148. The maximum Gasteiger partial charge on any atom is 0.0194 e. The van der Waals surface area contributed by atoms with Crippen LogP contribution in [-0.4, -0.2) is 9.79 Å². The van der Waals surface area contributed by atoms with E-state index in [9.17, 15) is 0 Å². The predicted molar refractivity (Wildman–Crippen MR) is 94.8 cm³/mol. The Labute approximate surface area is 117 Å². The smallest absolute Gasteiger partial charge is 0.0194 e. The molecule has 0 saturated carbocycles. The Morgan fingerprint density at radius 3 is 2.12 bits per heavy atom. The largest absolute Gasteiger partial charge is 0.127 e. The molecule has 0 aliphatic heterocycles. The van der Waals surface area contributed by atoms with Crippen LogP contribution < -0.4 is 0 Å². The molecule has 0 heterocycles. The summed E-state index contributed by atoms with van der Waals surface area (Å²) in [5.74, 6) is 2.16. The Hall–Kier alpha value is 1.46. The molecule has 7 atom stereocenters. The molecule has 0 saturated heterocycles. The first-order valence-corrected chi connectivity index (χ1v) is 8.76. The van der Waals surface area contributed by atoms with Crippen LogP contribution in [0.5, 0.6) is 0 Å². The van der Waals surface area contributed by atoms with Crippen molar-refractivity contribution in [2.24, 2.45) is 17.8 Å². The normalized spacial score (nSPS) is 31.3. The maximum atomic E-state index is 3.01. The van der Waals surface area contributed by atoms with E-state index in [4.69, 9.17) is 0 Å². The van der Waals surface area contributed by atoms with Crippen molar-refractivity contribution in [3.63, 3.8) is 0 Å². The van der Waals surface area contributed by atoms with Gasteiger partial charge in [-0.15, -0.1) is 37.0 Å². The van der Waals surface area contributed by atoms with E-state index in [0.29, 0.717) is 11.8 Å². The number of allylic oxidation sites excluding steroid dienone is 2. The highest BCUT2D eigenvalue weighted by Crippen LogP contribution is 2.52. The molecule has 4 heteroatoms. The van der Waals surface area contributed by atoms with Gasteiger partial charge in [0.25, 0.3) is 0 Å². The van der Waals surface area contributed by atoms with Crippen molar-refractivity contribution < 1.29 is 0 Å². The molecule has 0 N–H and O–H groups in total. The third-order valence-electron chi connectivity index (χ3n) is 4.05. The first-order chi connectivity index (χ1) is 7.57. The van der Waals surface area contributed by atoms with Crippen molar-refractivity contribution in [1.29, 1.82) is 0 Å². The van der Waals surface area contributed by atoms with Gasteiger partial charge in [0, 0.05) is 9.79 Å². The van der Waals surface area contributed by atoms with Gasteiger partial charge in [-0.25, -0.2) is 0 Å². The fraction of sp³-hybridized carbons (Fsp3) is 0.846. The van der Waals surface area contributed by atoms with E-state index >= 15 is 0 Å². The van der Waals surface area contributed by atoms with Crippen LogP contribution in [0.15, 0.2) is 11.6 Å². The number of hydrogen-bond acceptors (Lipinski definition) is 0. The minimum atomic E-state index is 0.148. The molecular weight excluding hydrogens is 280 g/mol. The molecular formula is C13H28P4. The molecule has 0 aromatic rings. The lowest BCUT2D eigenvalue weighted by atomic mass is 9.71. The number of hydrogen-bond donors (Lipinski definition) is 0. The summed E-state index contributed by atoms with van der Waals surface area (Å²) in [6.07, 6.45) is 5.11. The molecule has 0 spiro atoms. The quantitative estimate of drug-likeness (QED) is 0.531. The van der Waals surface area contributed by atoms with Crippen LogP contribution in [0.4, 0.5) is 0 Å². The lowest BCUT2D eigenvalue weighted by Crippen LogP contribution is -2.33. The van der Waals surface area contributed by atoms with Crippen LogP contribution in [0.2, 0.25) is 0 Å². The van der Waals surface area contributed by atoms with Crippen molar-refractivity contribution in [2.75, 3.05) is 0 Å². The molecule has 0 radical (unpaired) electrons. The van der Waals surface area contributed by atoms with Crippen LogP contribution in [0.1, 0.15) is 40.5 Å². The topological polar surface area (TPSA) is 0 Å². The van der Waals surface area contributed by atoms with E-state index in [0.717, 1.165) is 5.92 Å². The van der Waals surface area contributed by atoms with Crippen LogP contribution in [-0.2, 0) is 0 Å². The number of rotatable bonds is 3. The van der Waals surface area contributed by atoms with Gasteiger partial charge in [0.05, 0.1) is 0 Å². The summed E-state index contributed by atoms with van der Waals surface area (Å²) in [7, 11) is 11.9. The Bertz CT molecular complexity index is 296. The van der Waals surface area contributed by atoms with E-state index in [-0.39, 0.29) is 9.79 Å². The molecule has 7 unspecified atom stereocenters. The zero-order valence-corrected chi connectivity index (χ0v) is 16.2. The highest BCUT2D eigenvalue weighted by atomic mass is 31.1. The third-order valence-corrected chi connectivity index (χ3v) is 5.66. The Morgan fingerprint density at radius 1 is 1.24 bits per heavy atom. The van der Waals surface area contributed by atoms with Gasteiger partial charge in [0.1, 0.15) is 0 Å². The third kappa shape index (κ3) is 4.22. The van der Waals surface area contributed by atoms with E-state index in [2.05, 4.69) is 70.7 Å². The summed E-state index contributed by atoms with van der Waals surface area (Å²) in [4.78, 5) is 0. The zero-order chi connectivity index (χ0) is 13.4. The predicted octanol–water partition coefficient (Wildman–Crippen LogP) is 4.53. The van der Waals surface area contributed by atoms with Crippen molar-refractivity contribution in [2.45, 2.75) is 50.3 Å². The van der Waals surface area contributed by atoms with E-state index in [1.165, 1.54) is 12.8 Å². The fourth-order valence-electron chi connectivity index (χ4n) is 2.89. The summed E-state index contributed by atoms with van der Waals surface area (Å²) in [6, 6.07) is 0. The summed E-state index contributed by atoms with van der Waals surface area (Å²) < 4.78 is 0.148. The fourth-order valence-corrected chi connectivity index (χ4v) is 3.95. The Balaban J connectivity index is 3.11. The van der Waals surface area contributed by atoms with Crippen LogP contribution in [0, 0.1) is 17.8 Å². The van der Waals surface area contributed by atoms with Crippen molar-refractivity contribution in [3.05, 3.63) is 11.6 Å². The summed E-state index contributed by atoms with van der Waals surface area (Å²) in [6.45, 7) is 9.35. The van der Waals surface area contributed by atoms with Crippen molar-refractivity contribution in [3.8, 4) is 0 Å². The molecule has 17 heavy (non-hydrogen) atoms. The lowest BCUT2D eigenvalue weighted by Gasteiger charge is -2.43. The van der Waals surface area contributed by atoms with Gasteiger partial charge in [-0.1, -0.05) is 45.8 Å². The molecule has 100 valence electrons. The first-order valence-electron chi connectivity index (χ1n) is 6.45. The van der Waals surface area contributed by atoms with Crippen molar-refractivity contribution in [1.82, 2.24) is 0 Å². The van der Waals surface area contributed by atoms with Gasteiger partial charge >= 0.3 is 0 Å². The van der Waals surface area contributed by atoms with Crippen molar-refractivity contribution >= 4 is 37.0 Å². The van der Waals surface area contributed by atoms with Gasteiger partial charge in [-0.05, 0) is 24.2 Å². The van der Waals surface area contributed by atoms with Crippen LogP contribution >= 0.6 is 37.0 Å². The molecule has 1 rings (SSSR count). The second-order valence-electron chi connectivity index (χ2n) is 6.14. The van der Waals surface area contributed by atoms with Gasteiger partial charge in [0.2, 0.25) is 0 Å². The molecule has 0 aromatic carbocycles. The molecule has 0 amide bonds. The second-order valence-corrected chi connectivity index (χ2v) is 12.6. The van der Waals surface area contributed by atoms with E-state index in [1.807, 2.05) is 0 Å². The highest BCUT2D eigenvalue weighted by Gasteiger charge is 2.37. The van der Waals surface area contributed by atoms with Gasteiger partial charge < -0.3 is 0 Å². The summed E-state index contributed by atoms with van der Waals surface area (Å²) in [5, 5.41) is 0.219. The minimum Gasteiger partial charge on any atom is -0.127 e. The van der Waals surface area contributed by atoms with E-state index < -0.39 is 0 Å². The SMILES string of the molecule is CCC1CC(C(P)(P)P)C=C(C(C)(C)P)C1C. The summed E-state index contributed by atoms with van der Waals surface area (Å²) >= 11 is 0. The average molecular weight is 308 g/mol. The first kappa shape index (κ1) is 16.5. The molecule has 0 aromatic heterocycles. The lowest BCUT2D eigenvalue weighted by molar-refractivity contribution is 0.293. The van der Waals surface area contributed by atoms with Crippen LogP contribution in [0.25, 0.3) is 0 Å². The van der Waals surface area contributed by atoms with Crippen LogP contribution in [0.3, 0.4) is 0 Å². The summed E-state index contributed by atoms with van der Waals surface area (Å²) in [5.41, 5.74) is 1.61. The standard InChI is InChI=1S/C13H28P4/c1-5-9-6-10(13(15,16)17)7-11(8(9)2)12(3,4)14/h7-10H,5-6,14-17H2,1-4H3. The highest BCUT2D eigenvalue weighted by molar-refractivity contribution is 7.57. The Morgan fingerprint density at radius 2 is 1.76 bits per heavy atom. The Kier molecular flexibility index (Phi) is 5.67. The van der Waals surface area contributed by atoms with Gasteiger partial charge in [-0.2, -0.15) is 0 Å². The molecule has 0 bridgehead atoms. The van der Waals surface area contributed by atoms with Gasteiger partial charge in [0.15, 0.2) is 0 Å². The second kappa shape index (κ2) is 5.84. The van der Waals surface area contributed by atoms with E-state index in [1.54, 1.807) is 5.57 Å². The zero-order valence-electron chi connectivity index (χ0n) is 11.5. The maximum absolute atomic E-state index is 3.01. The molecule has 0 nitrogen and oxygen atoms in total. The molecule has 0 fully saturated rings. The monoisotopic (exact) mass is 308 g/mol.